The molecule has 1 aliphatic rings. The highest BCUT2D eigenvalue weighted by atomic mass is 16.3. The molecule has 4 heteroatoms. The zero-order chi connectivity index (χ0) is 22.6. The number of fused-ring (bicyclic) bond motifs is 1. The Hall–Kier alpha value is -3.76. The van der Waals surface area contributed by atoms with Crippen molar-refractivity contribution in [3.63, 3.8) is 0 Å². The molecule has 1 N–H and O–H groups in total. The highest BCUT2D eigenvalue weighted by Crippen LogP contribution is 2.43. The topological polar surface area (TPSA) is 57.6 Å². The van der Waals surface area contributed by atoms with Gasteiger partial charge in [-0.2, -0.15) is 0 Å². The van der Waals surface area contributed by atoms with Gasteiger partial charge in [0.05, 0.1) is 18.7 Å². The summed E-state index contributed by atoms with van der Waals surface area (Å²) in [7, 11) is 0. The van der Waals surface area contributed by atoms with E-state index in [9.17, 15) is 14.7 Å². The summed E-state index contributed by atoms with van der Waals surface area (Å²) in [6.07, 6.45) is 6.39. The SMILES string of the molecule is Cc1ccccc1CN1C(=O)[C@](O)(CC(=O)/C=C/C=C/c2ccccc2)c2ccccc21. The van der Waals surface area contributed by atoms with Crippen LogP contribution in [0.4, 0.5) is 5.69 Å². The van der Waals surface area contributed by atoms with Crippen LogP contribution in [0.5, 0.6) is 0 Å². The first kappa shape index (κ1) is 21.5. The molecule has 160 valence electrons. The number of aliphatic hydroxyl groups is 1. The van der Waals surface area contributed by atoms with E-state index < -0.39 is 11.5 Å². The van der Waals surface area contributed by atoms with Gasteiger partial charge < -0.3 is 10.0 Å². The van der Waals surface area contributed by atoms with Gasteiger partial charge in [-0.05, 0) is 35.8 Å². The van der Waals surface area contributed by atoms with Crippen LogP contribution in [0.2, 0.25) is 0 Å². The van der Waals surface area contributed by atoms with Gasteiger partial charge >= 0.3 is 0 Å². The molecule has 0 bridgehead atoms. The summed E-state index contributed by atoms with van der Waals surface area (Å²) in [6, 6.07) is 24.7. The quantitative estimate of drug-likeness (QED) is 0.432. The Kier molecular flexibility index (Phi) is 6.15. The molecular formula is C28H25NO3. The molecular weight excluding hydrogens is 398 g/mol. The zero-order valence-electron chi connectivity index (χ0n) is 17.9. The van der Waals surface area contributed by atoms with Gasteiger partial charge in [0.1, 0.15) is 0 Å². The molecule has 32 heavy (non-hydrogen) atoms. The maximum absolute atomic E-state index is 13.3. The summed E-state index contributed by atoms with van der Waals surface area (Å²) in [5.41, 5.74) is 2.33. The molecule has 0 aliphatic carbocycles. The number of hydrogen-bond donors (Lipinski definition) is 1. The van der Waals surface area contributed by atoms with Crippen LogP contribution in [0.25, 0.3) is 6.08 Å². The molecule has 0 radical (unpaired) electrons. The molecule has 4 rings (SSSR count). The van der Waals surface area contributed by atoms with E-state index in [0.717, 1.165) is 16.7 Å². The van der Waals surface area contributed by atoms with E-state index in [1.807, 2.05) is 79.7 Å². The second kappa shape index (κ2) is 9.16. The first-order chi connectivity index (χ1) is 15.5. The Morgan fingerprint density at radius 1 is 0.938 bits per heavy atom. The van der Waals surface area contributed by atoms with Crippen molar-refractivity contribution in [2.24, 2.45) is 0 Å². The van der Waals surface area contributed by atoms with E-state index in [0.29, 0.717) is 17.8 Å². The van der Waals surface area contributed by atoms with Gasteiger partial charge in [-0.1, -0.05) is 91.0 Å². The van der Waals surface area contributed by atoms with Crippen LogP contribution in [0.1, 0.15) is 28.7 Å². The predicted molar refractivity (Wildman–Crippen MR) is 127 cm³/mol. The van der Waals surface area contributed by atoms with Crippen molar-refractivity contribution in [3.05, 3.63) is 119 Å². The van der Waals surface area contributed by atoms with Gasteiger partial charge in [0.2, 0.25) is 0 Å². The lowest BCUT2D eigenvalue weighted by molar-refractivity contribution is -0.140. The molecule has 0 saturated carbocycles. The van der Waals surface area contributed by atoms with E-state index in [-0.39, 0.29) is 12.2 Å². The van der Waals surface area contributed by atoms with Gasteiger partial charge in [-0.3, -0.25) is 9.59 Å². The summed E-state index contributed by atoms with van der Waals surface area (Å²) < 4.78 is 0. The number of hydrogen-bond acceptors (Lipinski definition) is 3. The van der Waals surface area contributed by atoms with Crippen molar-refractivity contribution in [1.82, 2.24) is 0 Å². The average Bonchev–Trinajstić information content (AvgIpc) is 3.01. The smallest absolute Gasteiger partial charge is 0.264 e. The first-order valence-electron chi connectivity index (χ1n) is 10.6. The Morgan fingerprint density at radius 3 is 2.41 bits per heavy atom. The molecule has 4 nitrogen and oxygen atoms in total. The Labute approximate surface area is 188 Å². The Bertz CT molecular complexity index is 1200. The van der Waals surface area contributed by atoms with Gasteiger partial charge in [-0.25, -0.2) is 0 Å². The lowest BCUT2D eigenvalue weighted by atomic mass is 9.90. The minimum absolute atomic E-state index is 0.303. The molecule has 1 amide bonds. The van der Waals surface area contributed by atoms with Gasteiger partial charge in [-0.15, -0.1) is 0 Å². The minimum Gasteiger partial charge on any atom is -0.375 e. The Morgan fingerprint density at radius 2 is 1.62 bits per heavy atom. The van der Waals surface area contributed by atoms with Crippen LogP contribution < -0.4 is 4.90 Å². The van der Waals surface area contributed by atoms with Crippen LogP contribution in [-0.4, -0.2) is 16.8 Å². The fourth-order valence-electron chi connectivity index (χ4n) is 4.00. The first-order valence-corrected chi connectivity index (χ1v) is 10.6. The molecule has 0 saturated heterocycles. The molecule has 1 aliphatic heterocycles. The molecule has 1 atom stereocenters. The van der Waals surface area contributed by atoms with Crippen molar-refractivity contribution >= 4 is 23.5 Å². The van der Waals surface area contributed by atoms with Crippen LogP contribution in [0.3, 0.4) is 0 Å². The summed E-state index contributed by atoms with van der Waals surface area (Å²) in [6.45, 7) is 2.33. The highest BCUT2D eigenvalue weighted by Gasteiger charge is 2.50. The van der Waals surface area contributed by atoms with Crippen LogP contribution in [0, 0.1) is 6.92 Å². The summed E-state index contributed by atoms with van der Waals surface area (Å²) in [4.78, 5) is 27.5. The number of allylic oxidation sites excluding steroid dienone is 3. The van der Waals surface area contributed by atoms with Crippen molar-refractivity contribution in [2.75, 3.05) is 4.90 Å². The fourth-order valence-corrected chi connectivity index (χ4v) is 4.00. The predicted octanol–water partition coefficient (Wildman–Crippen LogP) is 4.96. The number of benzene rings is 3. The monoisotopic (exact) mass is 423 g/mol. The van der Waals surface area contributed by atoms with E-state index in [1.165, 1.54) is 6.08 Å². The third-order valence-electron chi connectivity index (χ3n) is 5.74. The van der Waals surface area contributed by atoms with E-state index >= 15 is 0 Å². The third-order valence-corrected chi connectivity index (χ3v) is 5.74. The number of aryl methyl sites for hydroxylation is 1. The standard InChI is InChI=1S/C28H25NO3/c1-21-11-5-7-15-23(21)20-29-26-18-10-9-17-25(26)28(32,27(29)31)19-24(30)16-8-6-14-22-12-3-2-4-13-22/h2-18,32H,19-20H2,1H3/b14-6+,16-8+/t28-/m0/s1. The van der Waals surface area contributed by atoms with Gasteiger partial charge in [0, 0.05) is 5.56 Å². The van der Waals surface area contributed by atoms with Gasteiger partial charge in [0.15, 0.2) is 11.4 Å². The lowest BCUT2D eigenvalue weighted by Gasteiger charge is -2.23. The van der Waals surface area contributed by atoms with E-state index in [4.69, 9.17) is 0 Å². The lowest BCUT2D eigenvalue weighted by Crippen LogP contribution is -2.41. The number of para-hydroxylation sites is 1. The summed E-state index contributed by atoms with van der Waals surface area (Å²) in [5.74, 6) is -0.783. The normalized spacial score (nSPS) is 17.9. The minimum atomic E-state index is -1.87. The molecule has 3 aromatic carbocycles. The summed E-state index contributed by atoms with van der Waals surface area (Å²) in [5, 5.41) is 11.4. The molecule has 1 heterocycles. The van der Waals surface area contributed by atoms with Crippen molar-refractivity contribution in [3.8, 4) is 0 Å². The van der Waals surface area contributed by atoms with Gasteiger partial charge in [0.25, 0.3) is 5.91 Å². The molecule has 0 spiro atoms. The van der Waals surface area contributed by atoms with Crippen molar-refractivity contribution in [1.29, 1.82) is 0 Å². The fraction of sp³-hybridized carbons (Fsp3) is 0.143. The third kappa shape index (κ3) is 4.32. The molecule has 0 fully saturated rings. The number of carbonyl (C=O) groups excluding carboxylic acids is 2. The number of nitrogens with zero attached hydrogens (tertiary/aromatic N) is 1. The van der Waals surface area contributed by atoms with E-state index in [1.54, 1.807) is 29.2 Å². The maximum atomic E-state index is 13.3. The number of amides is 1. The van der Waals surface area contributed by atoms with Crippen LogP contribution in [-0.2, 0) is 21.7 Å². The molecule has 0 unspecified atom stereocenters. The number of rotatable bonds is 7. The van der Waals surface area contributed by atoms with Crippen molar-refractivity contribution in [2.45, 2.75) is 25.5 Å². The second-order valence-corrected chi connectivity index (χ2v) is 7.97. The number of ketones is 1. The largest absolute Gasteiger partial charge is 0.375 e. The summed E-state index contributed by atoms with van der Waals surface area (Å²) >= 11 is 0. The number of carbonyl (C=O) groups is 2. The Balaban J connectivity index is 1.53. The van der Waals surface area contributed by atoms with Crippen LogP contribution in [0.15, 0.2) is 97.1 Å². The average molecular weight is 424 g/mol. The number of anilines is 1. The zero-order valence-corrected chi connectivity index (χ0v) is 17.9. The van der Waals surface area contributed by atoms with Crippen molar-refractivity contribution < 1.29 is 14.7 Å². The maximum Gasteiger partial charge on any atom is 0.264 e. The van der Waals surface area contributed by atoms with E-state index in [2.05, 4.69) is 0 Å². The second-order valence-electron chi connectivity index (χ2n) is 7.97. The highest BCUT2D eigenvalue weighted by molar-refractivity contribution is 6.09. The molecule has 0 aromatic heterocycles. The van der Waals surface area contributed by atoms with Crippen LogP contribution >= 0.6 is 0 Å². The molecule has 3 aromatic rings.